The average Bonchev–Trinajstić information content (AvgIpc) is 2.89. The molecular formula is C10H7BrN2O2S. The summed E-state index contributed by atoms with van der Waals surface area (Å²) in [5, 5.41) is 5.61. The first kappa shape index (κ1) is 11.1. The lowest BCUT2D eigenvalue weighted by atomic mass is 10.4. The summed E-state index contributed by atoms with van der Waals surface area (Å²) in [7, 11) is 0. The van der Waals surface area contributed by atoms with Gasteiger partial charge in [0.1, 0.15) is 5.76 Å². The smallest absolute Gasteiger partial charge is 0.281 e. The third-order valence-corrected chi connectivity index (χ3v) is 2.99. The van der Waals surface area contributed by atoms with Crippen LogP contribution in [-0.4, -0.2) is 12.1 Å². The molecule has 2 aromatic heterocycles. The van der Waals surface area contributed by atoms with E-state index in [1.165, 1.54) is 17.6 Å². The molecule has 0 spiro atoms. The number of amides is 1. The Morgan fingerprint density at radius 2 is 2.38 bits per heavy atom. The molecule has 2 rings (SSSR count). The lowest BCUT2D eigenvalue weighted by molar-refractivity contribution is 0.0959. The Kier molecular flexibility index (Phi) is 3.53. The number of hydrazone groups is 1. The molecule has 0 saturated carbocycles. The van der Waals surface area contributed by atoms with E-state index in [0.29, 0.717) is 15.3 Å². The van der Waals surface area contributed by atoms with Crippen molar-refractivity contribution in [2.75, 3.05) is 0 Å². The number of nitrogens with one attached hydrogen (secondary N) is 1. The van der Waals surface area contributed by atoms with Crippen LogP contribution >= 0.6 is 27.3 Å². The molecule has 0 aliphatic carbocycles. The van der Waals surface area contributed by atoms with Crippen molar-refractivity contribution in [3.05, 3.63) is 45.0 Å². The van der Waals surface area contributed by atoms with Crippen LogP contribution in [0.1, 0.15) is 15.4 Å². The molecule has 0 bridgehead atoms. The Hall–Kier alpha value is -1.40. The quantitative estimate of drug-likeness (QED) is 0.700. The first-order chi connectivity index (χ1) is 7.75. The normalized spacial score (nSPS) is 10.8. The molecule has 2 aromatic rings. The number of thiophene rings is 1. The number of halogens is 1. The summed E-state index contributed by atoms with van der Waals surface area (Å²) < 4.78 is 5.80. The lowest BCUT2D eigenvalue weighted by Crippen LogP contribution is -2.15. The van der Waals surface area contributed by atoms with Gasteiger partial charge in [-0.3, -0.25) is 4.79 Å². The summed E-state index contributed by atoms with van der Waals surface area (Å²) in [5.74, 6) is 0.343. The molecule has 0 aromatic carbocycles. The van der Waals surface area contributed by atoms with Crippen molar-refractivity contribution in [3.8, 4) is 0 Å². The van der Waals surface area contributed by atoms with Crippen molar-refractivity contribution in [3.63, 3.8) is 0 Å². The number of hydrogen-bond acceptors (Lipinski definition) is 4. The Bertz CT molecular complexity index is 505. The minimum atomic E-state index is -0.225. The summed E-state index contributed by atoms with van der Waals surface area (Å²) in [6.07, 6.45) is 1.44. The molecule has 0 unspecified atom stereocenters. The maximum Gasteiger partial charge on any atom is 0.281 e. The SMILES string of the molecule is O=C(NN=Cc1ccc(Br)o1)c1cccs1. The van der Waals surface area contributed by atoms with E-state index in [0.717, 1.165) is 0 Å². The summed E-state index contributed by atoms with van der Waals surface area (Å²) in [5.41, 5.74) is 2.41. The van der Waals surface area contributed by atoms with Crippen molar-refractivity contribution in [1.82, 2.24) is 5.43 Å². The summed E-state index contributed by atoms with van der Waals surface area (Å²) in [6.45, 7) is 0. The topological polar surface area (TPSA) is 54.6 Å². The van der Waals surface area contributed by atoms with E-state index < -0.39 is 0 Å². The van der Waals surface area contributed by atoms with E-state index in [4.69, 9.17) is 4.42 Å². The number of hydrogen-bond donors (Lipinski definition) is 1. The van der Waals surface area contributed by atoms with Crippen LogP contribution in [0.2, 0.25) is 0 Å². The number of nitrogens with zero attached hydrogens (tertiary/aromatic N) is 1. The highest BCUT2D eigenvalue weighted by Gasteiger charge is 2.03. The summed E-state index contributed by atoms with van der Waals surface area (Å²) >= 11 is 4.53. The highest BCUT2D eigenvalue weighted by atomic mass is 79.9. The number of carbonyl (C=O) groups is 1. The van der Waals surface area contributed by atoms with Crippen LogP contribution in [0.15, 0.2) is 43.8 Å². The molecule has 0 aliphatic rings. The van der Waals surface area contributed by atoms with Crippen LogP contribution in [0.3, 0.4) is 0 Å². The molecule has 82 valence electrons. The van der Waals surface area contributed by atoms with Crippen molar-refractivity contribution < 1.29 is 9.21 Å². The van der Waals surface area contributed by atoms with Gasteiger partial charge in [-0.05, 0) is 39.5 Å². The lowest BCUT2D eigenvalue weighted by Gasteiger charge is -1.93. The zero-order valence-corrected chi connectivity index (χ0v) is 10.4. The van der Waals surface area contributed by atoms with Gasteiger partial charge in [0.2, 0.25) is 0 Å². The van der Waals surface area contributed by atoms with Crippen LogP contribution < -0.4 is 5.43 Å². The number of carbonyl (C=O) groups excluding carboxylic acids is 1. The standard InChI is InChI=1S/C10H7BrN2O2S/c11-9-4-3-7(15-9)6-12-13-10(14)8-2-1-5-16-8/h1-6H,(H,13,14). The van der Waals surface area contributed by atoms with Gasteiger partial charge in [-0.2, -0.15) is 5.10 Å². The molecule has 4 nitrogen and oxygen atoms in total. The van der Waals surface area contributed by atoms with E-state index in [9.17, 15) is 4.79 Å². The molecule has 16 heavy (non-hydrogen) atoms. The molecule has 1 amide bonds. The Labute approximate surface area is 104 Å². The van der Waals surface area contributed by atoms with E-state index >= 15 is 0 Å². The maximum atomic E-state index is 11.4. The maximum absolute atomic E-state index is 11.4. The molecular weight excluding hydrogens is 292 g/mol. The number of rotatable bonds is 3. The second-order valence-corrected chi connectivity index (χ2v) is 4.55. The third-order valence-electron chi connectivity index (χ3n) is 1.70. The second-order valence-electron chi connectivity index (χ2n) is 2.82. The van der Waals surface area contributed by atoms with Crippen LogP contribution in [0.4, 0.5) is 0 Å². The molecule has 2 heterocycles. The van der Waals surface area contributed by atoms with Gasteiger partial charge in [-0.1, -0.05) is 6.07 Å². The zero-order chi connectivity index (χ0) is 11.4. The fourth-order valence-electron chi connectivity index (χ4n) is 1.02. The molecule has 0 radical (unpaired) electrons. The monoisotopic (exact) mass is 298 g/mol. The van der Waals surface area contributed by atoms with Crippen molar-refractivity contribution in [2.24, 2.45) is 5.10 Å². The van der Waals surface area contributed by atoms with Crippen molar-refractivity contribution in [2.45, 2.75) is 0 Å². The van der Waals surface area contributed by atoms with Crippen molar-refractivity contribution >= 4 is 39.4 Å². The van der Waals surface area contributed by atoms with E-state index in [1.807, 2.05) is 11.4 Å². The first-order valence-corrected chi connectivity index (χ1v) is 6.05. The Morgan fingerprint density at radius 1 is 1.50 bits per heavy atom. The minimum absolute atomic E-state index is 0.225. The van der Waals surface area contributed by atoms with Gasteiger partial charge in [-0.15, -0.1) is 11.3 Å². The molecule has 0 saturated heterocycles. The van der Waals surface area contributed by atoms with Gasteiger partial charge >= 0.3 is 0 Å². The second kappa shape index (κ2) is 5.09. The Balaban J connectivity index is 1.93. The average molecular weight is 299 g/mol. The molecule has 0 atom stereocenters. The fourth-order valence-corrected chi connectivity index (χ4v) is 1.95. The summed E-state index contributed by atoms with van der Waals surface area (Å²) in [6, 6.07) is 7.04. The van der Waals surface area contributed by atoms with Crippen LogP contribution in [0, 0.1) is 0 Å². The highest BCUT2D eigenvalue weighted by molar-refractivity contribution is 9.10. The van der Waals surface area contributed by atoms with Crippen LogP contribution in [-0.2, 0) is 0 Å². The molecule has 0 aliphatic heterocycles. The largest absolute Gasteiger partial charge is 0.448 e. The molecule has 6 heteroatoms. The number of furan rings is 1. The van der Waals surface area contributed by atoms with Gasteiger partial charge in [0.25, 0.3) is 5.91 Å². The third kappa shape index (κ3) is 2.80. The van der Waals surface area contributed by atoms with E-state index in [1.54, 1.807) is 18.2 Å². The first-order valence-electron chi connectivity index (χ1n) is 4.38. The van der Waals surface area contributed by atoms with E-state index in [2.05, 4.69) is 26.5 Å². The predicted octanol–water partition coefficient (Wildman–Crippen LogP) is 2.87. The van der Waals surface area contributed by atoms with Gasteiger partial charge in [0.15, 0.2) is 4.67 Å². The van der Waals surface area contributed by atoms with Crippen molar-refractivity contribution in [1.29, 1.82) is 0 Å². The van der Waals surface area contributed by atoms with Gasteiger partial charge < -0.3 is 4.42 Å². The minimum Gasteiger partial charge on any atom is -0.448 e. The summed E-state index contributed by atoms with van der Waals surface area (Å²) in [4.78, 5) is 12.1. The fraction of sp³-hybridized carbons (Fsp3) is 0. The Morgan fingerprint density at radius 3 is 3.00 bits per heavy atom. The predicted molar refractivity (Wildman–Crippen MR) is 65.8 cm³/mol. The zero-order valence-electron chi connectivity index (χ0n) is 8.01. The van der Waals surface area contributed by atoms with Gasteiger partial charge in [0.05, 0.1) is 11.1 Å². The van der Waals surface area contributed by atoms with Gasteiger partial charge in [-0.25, -0.2) is 5.43 Å². The highest BCUT2D eigenvalue weighted by Crippen LogP contribution is 2.12. The van der Waals surface area contributed by atoms with Gasteiger partial charge in [0, 0.05) is 0 Å². The molecule has 1 N–H and O–H groups in total. The molecule has 0 fully saturated rings. The van der Waals surface area contributed by atoms with E-state index in [-0.39, 0.29) is 5.91 Å². The van der Waals surface area contributed by atoms with Crippen LogP contribution in [0.25, 0.3) is 0 Å². The van der Waals surface area contributed by atoms with Crippen LogP contribution in [0.5, 0.6) is 0 Å².